The van der Waals surface area contributed by atoms with E-state index in [1.54, 1.807) is 24.3 Å². The van der Waals surface area contributed by atoms with E-state index < -0.39 is 6.10 Å². The molecule has 4 N–H and O–H groups in total. The van der Waals surface area contributed by atoms with Crippen molar-refractivity contribution in [2.75, 3.05) is 52.6 Å². The Hall–Kier alpha value is -2.41. The molecule has 1 atom stereocenters. The van der Waals surface area contributed by atoms with Crippen LogP contribution in [-0.2, 0) is 0 Å². The van der Waals surface area contributed by atoms with Crippen LogP contribution in [0.2, 0.25) is 0 Å². The van der Waals surface area contributed by atoms with Crippen molar-refractivity contribution in [2.45, 2.75) is 25.0 Å². The number of nitriles is 1. The van der Waals surface area contributed by atoms with Gasteiger partial charge in [0, 0.05) is 45.3 Å². The number of hydrogen-bond donors (Lipinski definition) is 4. The fourth-order valence-corrected chi connectivity index (χ4v) is 3.12. The first-order valence-corrected chi connectivity index (χ1v) is 9.95. The number of carbonyl (C=O) groups excluding carboxylic acids is 1. The number of aliphatic hydroxyl groups is 1. The lowest BCUT2D eigenvalue weighted by Crippen LogP contribution is -2.49. The Bertz CT molecular complexity index is 662. The summed E-state index contributed by atoms with van der Waals surface area (Å²) in [5, 5.41) is 27.7. The van der Waals surface area contributed by atoms with E-state index in [1.807, 2.05) is 6.07 Å². The number of halogens is 1. The van der Waals surface area contributed by atoms with Crippen molar-refractivity contribution in [3.05, 3.63) is 29.8 Å². The van der Waals surface area contributed by atoms with E-state index >= 15 is 0 Å². The monoisotopic (exact) mass is 407 g/mol. The molecule has 2 amide bonds. The summed E-state index contributed by atoms with van der Waals surface area (Å²) in [5.41, 5.74) is 0.427. The van der Waals surface area contributed by atoms with Crippen LogP contribution < -0.4 is 20.7 Å². The largest absolute Gasteiger partial charge is 0.489 e. The lowest BCUT2D eigenvalue weighted by atomic mass is 10.1. The first kappa shape index (κ1) is 22.9. The lowest BCUT2D eigenvalue weighted by molar-refractivity contribution is 0.106. The first-order valence-electron chi connectivity index (χ1n) is 9.95. The van der Waals surface area contributed by atoms with Gasteiger partial charge in [0.15, 0.2) is 0 Å². The molecular weight excluding hydrogens is 377 g/mol. The van der Waals surface area contributed by atoms with E-state index in [9.17, 15) is 14.3 Å². The minimum atomic E-state index is -0.731. The second kappa shape index (κ2) is 12.9. The molecule has 29 heavy (non-hydrogen) atoms. The molecule has 1 saturated heterocycles. The molecular formula is C20H30FN5O3. The highest BCUT2D eigenvalue weighted by Gasteiger charge is 2.20. The lowest BCUT2D eigenvalue weighted by Gasteiger charge is -2.31. The maximum atomic E-state index is 12.3. The van der Waals surface area contributed by atoms with Gasteiger partial charge in [-0.1, -0.05) is 12.1 Å². The summed E-state index contributed by atoms with van der Waals surface area (Å²) >= 11 is 0. The van der Waals surface area contributed by atoms with Crippen LogP contribution >= 0.6 is 0 Å². The van der Waals surface area contributed by atoms with Crippen molar-refractivity contribution in [2.24, 2.45) is 0 Å². The Morgan fingerprint density at radius 1 is 1.34 bits per heavy atom. The zero-order chi connectivity index (χ0) is 20.9. The number of piperidine rings is 1. The number of benzene rings is 1. The number of carbonyl (C=O) groups is 1. The van der Waals surface area contributed by atoms with Gasteiger partial charge in [-0.3, -0.25) is 0 Å². The molecule has 0 unspecified atom stereocenters. The van der Waals surface area contributed by atoms with E-state index in [2.05, 4.69) is 20.9 Å². The predicted molar refractivity (Wildman–Crippen MR) is 107 cm³/mol. The number of amides is 2. The quantitative estimate of drug-likeness (QED) is 0.401. The van der Waals surface area contributed by atoms with Crippen LogP contribution in [0.25, 0.3) is 0 Å². The predicted octanol–water partition coefficient (Wildman–Crippen LogP) is 0.621. The zero-order valence-corrected chi connectivity index (χ0v) is 16.6. The topological polar surface area (TPSA) is 110 Å². The fraction of sp³-hybridized carbons (Fsp3) is 0.600. The Labute approximate surface area is 171 Å². The smallest absolute Gasteiger partial charge is 0.315 e. The van der Waals surface area contributed by atoms with Gasteiger partial charge >= 0.3 is 6.03 Å². The molecule has 0 aliphatic carbocycles. The highest BCUT2D eigenvalue weighted by Crippen LogP contribution is 2.16. The highest BCUT2D eigenvalue weighted by atomic mass is 19.1. The van der Waals surface area contributed by atoms with Gasteiger partial charge in [-0.2, -0.15) is 5.26 Å². The molecule has 9 heteroatoms. The Balaban J connectivity index is 1.51. The van der Waals surface area contributed by atoms with Crippen molar-refractivity contribution in [3.8, 4) is 11.8 Å². The average Bonchev–Trinajstić information content (AvgIpc) is 2.73. The number of rotatable bonds is 11. The summed E-state index contributed by atoms with van der Waals surface area (Å²) in [6.07, 6.45) is 0.921. The third-order valence-corrected chi connectivity index (χ3v) is 4.73. The summed E-state index contributed by atoms with van der Waals surface area (Å²) in [6, 6.07) is 8.81. The minimum Gasteiger partial charge on any atom is -0.489 e. The maximum Gasteiger partial charge on any atom is 0.315 e. The standard InChI is InChI=1S/C20H30FN5O3/c21-7-12-26-10-5-17(6-11-26)25-20(28)24-9-8-23-14-18(27)15-29-19-4-2-1-3-16(19)13-22/h1-4,17-18,23,27H,5-12,14-15H2,(H2,24,25,28)/t18-/m0/s1. The second-order valence-corrected chi connectivity index (χ2v) is 6.98. The average molecular weight is 407 g/mol. The van der Waals surface area contributed by atoms with Gasteiger partial charge in [0.1, 0.15) is 31.2 Å². The van der Waals surface area contributed by atoms with Crippen LogP contribution in [0.4, 0.5) is 9.18 Å². The van der Waals surface area contributed by atoms with Crippen LogP contribution in [-0.4, -0.2) is 80.7 Å². The van der Waals surface area contributed by atoms with Crippen molar-refractivity contribution in [1.82, 2.24) is 20.9 Å². The first-order chi connectivity index (χ1) is 14.1. The third-order valence-electron chi connectivity index (χ3n) is 4.73. The van der Waals surface area contributed by atoms with Crippen LogP contribution in [0.5, 0.6) is 5.75 Å². The van der Waals surface area contributed by atoms with E-state index in [1.165, 1.54) is 0 Å². The Kier molecular flexibility index (Phi) is 10.2. The van der Waals surface area contributed by atoms with Crippen LogP contribution in [0.15, 0.2) is 24.3 Å². The van der Waals surface area contributed by atoms with Crippen LogP contribution in [0.1, 0.15) is 18.4 Å². The SMILES string of the molecule is N#Cc1ccccc1OC[C@@H](O)CNCCNC(=O)NC1CCN(CCF)CC1. The van der Waals surface area contributed by atoms with Gasteiger partial charge in [0.2, 0.25) is 0 Å². The number of ether oxygens (including phenoxy) is 1. The number of likely N-dealkylation sites (tertiary alicyclic amines) is 1. The molecule has 0 radical (unpaired) electrons. The molecule has 1 aliphatic heterocycles. The Morgan fingerprint density at radius 3 is 2.83 bits per heavy atom. The number of alkyl halides is 1. The molecule has 1 fully saturated rings. The van der Waals surface area contributed by atoms with Crippen molar-refractivity contribution < 1.29 is 19.0 Å². The van der Waals surface area contributed by atoms with Crippen molar-refractivity contribution in [1.29, 1.82) is 5.26 Å². The van der Waals surface area contributed by atoms with Gasteiger partial charge in [-0.05, 0) is 25.0 Å². The molecule has 160 valence electrons. The number of para-hydroxylation sites is 1. The van der Waals surface area contributed by atoms with Gasteiger partial charge in [-0.15, -0.1) is 0 Å². The third kappa shape index (κ3) is 8.64. The highest BCUT2D eigenvalue weighted by molar-refractivity contribution is 5.74. The molecule has 1 aliphatic rings. The zero-order valence-electron chi connectivity index (χ0n) is 16.6. The van der Waals surface area contributed by atoms with E-state index in [4.69, 9.17) is 10.00 Å². The second-order valence-electron chi connectivity index (χ2n) is 6.98. The summed E-state index contributed by atoms with van der Waals surface area (Å²) in [7, 11) is 0. The number of nitrogens with one attached hydrogen (secondary N) is 3. The van der Waals surface area contributed by atoms with Gasteiger partial charge < -0.3 is 30.7 Å². The minimum absolute atomic E-state index is 0.0702. The van der Waals surface area contributed by atoms with E-state index in [0.717, 1.165) is 25.9 Å². The van der Waals surface area contributed by atoms with Crippen molar-refractivity contribution >= 4 is 6.03 Å². The number of urea groups is 1. The molecule has 1 aromatic carbocycles. The molecule has 0 saturated carbocycles. The summed E-state index contributed by atoms with van der Waals surface area (Å²) in [6.45, 7) is 3.05. The molecule has 0 spiro atoms. The van der Waals surface area contributed by atoms with Crippen LogP contribution in [0.3, 0.4) is 0 Å². The fourth-order valence-electron chi connectivity index (χ4n) is 3.12. The van der Waals surface area contributed by atoms with E-state index in [-0.39, 0.29) is 25.4 Å². The molecule has 1 heterocycles. The molecule has 0 aromatic heterocycles. The van der Waals surface area contributed by atoms with Crippen LogP contribution in [0, 0.1) is 11.3 Å². The maximum absolute atomic E-state index is 12.3. The summed E-state index contributed by atoms with van der Waals surface area (Å²) in [5.74, 6) is 0.447. The van der Waals surface area contributed by atoms with E-state index in [0.29, 0.717) is 37.5 Å². The molecule has 2 rings (SSSR count). The normalized spacial score (nSPS) is 16.0. The summed E-state index contributed by atoms with van der Waals surface area (Å²) < 4.78 is 17.8. The number of hydrogen-bond acceptors (Lipinski definition) is 6. The van der Waals surface area contributed by atoms with Gasteiger partial charge in [0.05, 0.1) is 5.56 Å². The molecule has 0 bridgehead atoms. The Morgan fingerprint density at radius 2 is 2.10 bits per heavy atom. The van der Waals surface area contributed by atoms with Gasteiger partial charge in [0.25, 0.3) is 0 Å². The number of nitrogens with zero attached hydrogens (tertiary/aromatic N) is 2. The molecule has 8 nitrogen and oxygen atoms in total. The molecule has 1 aromatic rings. The van der Waals surface area contributed by atoms with Gasteiger partial charge in [-0.25, -0.2) is 9.18 Å². The van der Waals surface area contributed by atoms with Crippen molar-refractivity contribution in [3.63, 3.8) is 0 Å². The summed E-state index contributed by atoms with van der Waals surface area (Å²) in [4.78, 5) is 14.0. The number of aliphatic hydroxyl groups excluding tert-OH is 1.